The van der Waals surface area contributed by atoms with Gasteiger partial charge in [0.25, 0.3) is 11.5 Å². The van der Waals surface area contributed by atoms with E-state index in [1.165, 1.54) is 4.57 Å². The highest BCUT2D eigenvalue weighted by molar-refractivity contribution is 6.31. The van der Waals surface area contributed by atoms with Crippen molar-refractivity contribution in [1.29, 1.82) is 0 Å². The van der Waals surface area contributed by atoms with Gasteiger partial charge in [-0.1, -0.05) is 43.6 Å². The number of hydrogen-bond acceptors (Lipinski definition) is 4. The molecule has 1 amide bonds. The van der Waals surface area contributed by atoms with Gasteiger partial charge in [0.2, 0.25) is 0 Å². The molecule has 0 fully saturated rings. The number of pyridine rings is 1. The molecule has 6 nitrogen and oxygen atoms in total. The molecule has 0 radical (unpaired) electrons. The standard InChI is InChI=1S/C19H19ClN4O2/c1-12(2)11-24-17-15(8-5-9-21-17)23-16(19(24)26)18(25)22-10-13-6-3-4-7-14(13)20/h3-9,12H,10-11H2,1-2H3,(H,22,25). The minimum atomic E-state index is -0.529. The van der Waals surface area contributed by atoms with Gasteiger partial charge in [0, 0.05) is 24.3 Å². The van der Waals surface area contributed by atoms with Crippen LogP contribution in [0.5, 0.6) is 0 Å². The second-order valence-electron chi connectivity index (χ2n) is 6.39. The summed E-state index contributed by atoms with van der Waals surface area (Å²) in [4.78, 5) is 33.9. The van der Waals surface area contributed by atoms with Crippen molar-refractivity contribution in [3.63, 3.8) is 0 Å². The van der Waals surface area contributed by atoms with Crippen LogP contribution in [-0.4, -0.2) is 20.4 Å². The minimum Gasteiger partial charge on any atom is -0.346 e. The Labute approximate surface area is 155 Å². The summed E-state index contributed by atoms with van der Waals surface area (Å²) in [7, 11) is 0. The highest BCUT2D eigenvalue weighted by Gasteiger charge is 2.18. The van der Waals surface area contributed by atoms with Gasteiger partial charge in [-0.3, -0.25) is 14.2 Å². The Hall–Kier alpha value is -2.73. The number of hydrogen-bond donors (Lipinski definition) is 1. The van der Waals surface area contributed by atoms with E-state index in [1.54, 1.807) is 24.4 Å². The Morgan fingerprint density at radius 1 is 1.23 bits per heavy atom. The van der Waals surface area contributed by atoms with Gasteiger partial charge in [-0.25, -0.2) is 9.97 Å². The molecule has 134 valence electrons. The van der Waals surface area contributed by atoms with E-state index >= 15 is 0 Å². The Bertz CT molecular complexity index is 1010. The van der Waals surface area contributed by atoms with Crippen LogP contribution in [0.4, 0.5) is 0 Å². The van der Waals surface area contributed by atoms with Gasteiger partial charge in [0.05, 0.1) is 0 Å². The van der Waals surface area contributed by atoms with Gasteiger partial charge in [-0.05, 0) is 29.7 Å². The van der Waals surface area contributed by atoms with E-state index in [9.17, 15) is 9.59 Å². The Kier molecular flexibility index (Phi) is 5.32. The fraction of sp³-hybridized carbons (Fsp3) is 0.263. The van der Waals surface area contributed by atoms with E-state index < -0.39 is 11.5 Å². The average Bonchev–Trinajstić information content (AvgIpc) is 2.62. The zero-order chi connectivity index (χ0) is 18.7. The second-order valence-corrected chi connectivity index (χ2v) is 6.80. The van der Waals surface area contributed by atoms with Crippen LogP contribution in [0.25, 0.3) is 11.2 Å². The number of carbonyl (C=O) groups excluding carboxylic acids is 1. The lowest BCUT2D eigenvalue weighted by atomic mass is 10.2. The maximum absolute atomic E-state index is 12.8. The number of aromatic nitrogens is 3. The number of benzene rings is 1. The number of carbonyl (C=O) groups is 1. The first-order valence-electron chi connectivity index (χ1n) is 8.34. The molecule has 7 heteroatoms. The molecule has 0 bridgehead atoms. The number of rotatable bonds is 5. The van der Waals surface area contributed by atoms with Crippen molar-refractivity contribution in [2.75, 3.05) is 0 Å². The normalized spacial score (nSPS) is 11.1. The van der Waals surface area contributed by atoms with Gasteiger partial charge in [0.15, 0.2) is 11.3 Å². The number of fused-ring (bicyclic) bond motifs is 1. The maximum atomic E-state index is 12.8. The monoisotopic (exact) mass is 370 g/mol. The molecular formula is C19H19ClN4O2. The van der Waals surface area contributed by atoms with Crippen LogP contribution in [0.2, 0.25) is 5.02 Å². The molecule has 2 heterocycles. The van der Waals surface area contributed by atoms with Gasteiger partial charge in [-0.15, -0.1) is 0 Å². The summed E-state index contributed by atoms with van der Waals surface area (Å²) in [5.41, 5.74) is 1.18. The van der Waals surface area contributed by atoms with Crippen molar-refractivity contribution in [3.8, 4) is 0 Å². The molecule has 2 aromatic heterocycles. The molecule has 0 atom stereocenters. The molecule has 0 spiro atoms. The smallest absolute Gasteiger partial charge is 0.283 e. The highest BCUT2D eigenvalue weighted by atomic mass is 35.5. The van der Waals surface area contributed by atoms with E-state index in [0.29, 0.717) is 22.7 Å². The largest absolute Gasteiger partial charge is 0.346 e. The lowest BCUT2D eigenvalue weighted by Gasteiger charge is -2.13. The number of nitrogens with one attached hydrogen (secondary N) is 1. The molecular weight excluding hydrogens is 352 g/mol. The quantitative estimate of drug-likeness (QED) is 0.748. The summed E-state index contributed by atoms with van der Waals surface area (Å²) in [5, 5.41) is 3.28. The summed E-state index contributed by atoms with van der Waals surface area (Å²) in [6.45, 7) is 4.67. The minimum absolute atomic E-state index is 0.141. The van der Waals surface area contributed by atoms with Crippen molar-refractivity contribution in [2.24, 2.45) is 5.92 Å². The van der Waals surface area contributed by atoms with Crippen LogP contribution in [0, 0.1) is 5.92 Å². The molecule has 1 N–H and O–H groups in total. The number of amides is 1. The number of halogens is 1. The summed E-state index contributed by atoms with van der Waals surface area (Å²) < 4.78 is 1.51. The molecule has 1 aromatic carbocycles. The van der Waals surface area contributed by atoms with Gasteiger partial charge in [0.1, 0.15) is 5.52 Å². The van der Waals surface area contributed by atoms with Crippen molar-refractivity contribution >= 4 is 28.7 Å². The zero-order valence-electron chi connectivity index (χ0n) is 14.6. The topological polar surface area (TPSA) is 76.9 Å². The lowest BCUT2D eigenvalue weighted by Crippen LogP contribution is -2.35. The van der Waals surface area contributed by atoms with Crippen LogP contribution in [0.1, 0.15) is 29.9 Å². The Morgan fingerprint density at radius 2 is 2.00 bits per heavy atom. The van der Waals surface area contributed by atoms with Crippen LogP contribution < -0.4 is 10.9 Å². The molecule has 0 aliphatic carbocycles. The van der Waals surface area contributed by atoms with Crippen LogP contribution >= 0.6 is 11.6 Å². The molecule has 26 heavy (non-hydrogen) atoms. The fourth-order valence-corrected chi connectivity index (χ4v) is 2.86. The van der Waals surface area contributed by atoms with Crippen molar-refractivity contribution in [3.05, 3.63) is 69.2 Å². The molecule has 0 unspecified atom stereocenters. The van der Waals surface area contributed by atoms with E-state index in [2.05, 4.69) is 15.3 Å². The molecule has 3 rings (SSSR count). The summed E-state index contributed by atoms with van der Waals surface area (Å²) in [6, 6.07) is 10.7. The van der Waals surface area contributed by atoms with E-state index in [0.717, 1.165) is 5.56 Å². The third-order valence-electron chi connectivity index (χ3n) is 3.86. The summed E-state index contributed by atoms with van der Waals surface area (Å²) in [5.74, 6) is -0.308. The molecule has 0 aliphatic heterocycles. The molecule has 0 saturated carbocycles. The van der Waals surface area contributed by atoms with Crippen molar-refractivity contribution in [2.45, 2.75) is 26.9 Å². The molecule has 0 saturated heterocycles. The van der Waals surface area contributed by atoms with Gasteiger partial charge < -0.3 is 5.32 Å². The first-order valence-corrected chi connectivity index (χ1v) is 8.72. The van der Waals surface area contributed by atoms with E-state index in [-0.39, 0.29) is 18.2 Å². The van der Waals surface area contributed by atoms with Crippen LogP contribution in [0.3, 0.4) is 0 Å². The third-order valence-corrected chi connectivity index (χ3v) is 4.23. The van der Waals surface area contributed by atoms with Crippen molar-refractivity contribution < 1.29 is 4.79 Å². The van der Waals surface area contributed by atoms with Crippen molar-refractivity contribution in [1.82, 2.24) is 19.9 Å². The molecule has 3 aromatic rings. The predicted octanol–water partition coefficient (Wildman–Crippen LogP) is 3.03. The number of nitrogens with zero attached hydrogens (tertiary/aromatic N) is 3. The fourth-order valence-electron chi connectivity index (χ4n) is 2.66. The third kappa shape index (κ3) is 3.75. The lowest BCUT2D eigenvalue weighted by molar-refractivity contribution is 0.0944. The van der Waals surface area contributed by atoms with Gasteiger partial charge in [-0.2, -0.15) is 0 Å². The summed E-state index contributed by atoms with van der Waals surface area (Å²) in [6.07, 6.45) is 1.61. The molecule has 0 aliphatic rings. The van der Waals surface area contributed by atoms with E-state index in [4.69, 9.17) is 11.6 Å². The Morgan fingerprint density at radius 3 is 2.73 bits per heavy atom. The van der Waals surface area contributed by atoms with Gasteiger partial charge >= 0.3 is 0 Å². The first-order chi connectivity index (χ1) is 12.5. The highest BCUT2D eigenvalue weighted by Crippen LogP contribution is 2.14. The first kappa shape index (κ1) is 18.1. The van der Waals surface area contributed by atoms with Crippen LogP contribution in [-0.2, 0) is 13.1 Å². The van der Waals surface area contributed by atoms with E-state index in [1.807, 2.05) is 32.0 Å². The zero-order valence-corrected chi connectivity index (χ0v) is 15.3. The second kappa shape index (κ2) is 7.66. The average molecular weight is 371 g/mol. The maximum Gasteiger partial charge on any atom is 0.283 e. The Balaban J connectivity index is 1.96. The van der Waals surface area contributed by atoms with Crippen LogP contribution in [0.15, 0.2) is 47.4 Å². The summed E-state index contributed by atoms with van der Waals surface area (Å²) >= 11 is 6.10. The SMILES string of the molecule is CC(C)Cn1c(=O)c(C(=O)NCc2ccccc2Cl)nc2cccnc21. The predicted molar refractivity (Wildman–Crippen MR) is 101 cm³/mol.